The molecule has 2 aliphatic rings. The first-order valence-electron chi connectivity index (χ1n) is 16.6. The molecule has 0 saturated heterocycles. The molecule has 7 aromatic rings. The Morgan fingerprint density at radius 2 is 0.915 bits per heavy atom. The fourth-order valence-electron chi connectivity index (χ4n) is 7.82. The van der Waals surface area contributed by atoms with E-state index in [0.29, 0.717) is 0 Å². The normalized spacial score (nSPS) is 13.4. The van der Waals surface area contributed by atoms with Crippen molar-refractivity contribution in [2.75, 3.05) is 4.90 Å². The standard InChI is InChI=1S/C46H35N/c1-46(2)44-15-9-8-14-41(44)42-27-26-39(30-45(42)46)47(37-22-18-32(19-23-37)31-10-4-3-5-11-31)38-24-20-33(21-25-38)34-16-17-36-28-35-12-6-7-13-40(35)43(36)29-34/h3-27,29-30H,28H2,1-2H3. The highest BCUT2D eigenvalue weighted by Crippen LogP contribution is 2.50. The third-order valence-electron chi connectivity index (χ3n) is 10.3. The van der Waals surface area contributed by atoms with Crippen LogP contribution in [0.25, 0.3) is 44.5 Å². The van der Waals surface area contributed by atoms with Crippen LogP contribution in [-0.4, -0.2) is 0 Å². The molecule has 0 aromatic heterocycles. The lowest BCUT2D eigenvalue weighted by Crippen LogP contribution is -2.16. The van der Waals surface area contributed by atoms with Crippen molar-refractivity contribution in [3.63, 3.8) is 0 Å². The first-order valence-corrected chi connectivity index (χ1v) is 16.6. The zero-order chi connectivity index (χ0) is 31.5. The Morgan fingerprint density at radius 3 is 1.66 bits per heavy atom. The van der Waals surface area contributed by atoms with Crippen molar-refractivity contribution >= 4 is 17.1 Å². The van der Waals surface area contributed by atoms with Crippen molar-refractivity contribution in [3.8, 4) is 44.5 Å². The van der Waals surface area contributed by atoms with Crippen LogP contribution in [0.4, 0.5) is 17.1 Å². The Bertz CT molecular complexity index is 2270. The van der Waals surface area contributed by atoms with E-state index in [2.05, 4.69) is 183 Å². The Balaban J connectivity index is 1.13. The molecule has 7 aromatic carbocycles. The molecule has 2 aliphatic carbocycles. The summed E-state index contributed by atoms with van der Waals surface area (Å²) in [5, 5.41) is 0. The maximum atomic E-state index is 2.41. The number of hydrogen-bond donors (Lipinski definition) is 0. The van der Waals surface area contributed by atoms with Gasteiger partial charge in [-0.05, 0) is 116 Å². The molecule has 0 atom stereocenters. The first kappa shape index (κ1) is 27.6. The molecular formula is C46H35N. The zero-order valence-electron chi connectivity index (χ0n) is 26.7. The van der Waals surface area contributed by atoms with E-state index in [4.69, 9.17) is 0 Å². The molecule has 224 valence electrons. The molecule has 1 nitrogen and oxygen atoms in total. The molecule has 0 unspecified atom stereocenters. The van der Waals surface area contributed by atoms with Gasteiger partial charge in [0.1, 0.15) is 0 Å². The van der Waals surface area contributed by atoms with E-state index in [0.717, 1.165) is 17.8 Å². The van der Waals surface area contributed by atoms with Crippen LogP contribution in [0.5, 0.6) is 0 Å². The second-order valence-electron chi connectivity index (χ2n) is 13.4. The van der Waals surface area contributed by atoms with Crippen LogP contribution in [-0.2, 0) is 11.8 Å². The molecule has 0 radical (unpaired) electrons. The van der Waals surface area contributed by atoms with Crippen molar-refractivity contribution < 1.29 is 0 Å². The van der Waals surface area contributed by atoms with Crippen LogP contribution in [0.15, 0.2) is 164 Å². The Labute approximate surface area is 277 Å². The summed E-state index contributed by atoms with van der Waals surface area (Å²) < 4.78 is 0. The molecule has 0 aliphatic heterocycles. The quantitative estimate of drug-likeness (QED) is 0.190. The number of benzene rings is 7. The first-order chi connectivity index (χ1) is 23.0. The Hall–Kier alpha value is -5.66. The van der Waals surface area contributed by atoms with Gasteiger partial charge in [0.05, 0.1) is 0 Å². The number of hydrogen-bond acceptors (Lipinski definition) is 1. The zero-order valence-corrected chi connectivity index (χ0v) is 26.7. The van der Waals surface area contributed by atoms with Gasteiger partial charge < -0.3 is 4.90 Å². The maximum Gasteiger partial charge on any atom is 0.0465 e. The topological polar surface area (TPSA) is 3.24 Å². The van der Waals surface area contributed by atoms with E-state index in [-0.39, 0.29) is 5.41 Å². The number of nitrogens with zero attached hydrogens (tertiary/aromatic N) is 1. The van der Waals surface area contributed by atoms with Crippen molar-refractivity contribution in [1.82, 2.24) is 0 Å². The molecule has 0 spiro atoms. The van der Waals surface area contributed by atoms with Crippen LogP contribution in [0.1, 0.15) is 36.1 Å². The summed E-state index contributed by atoms with van der Waals surface area (Å²) in [7, 11) is 0. The van der Waals surface area contributed by atoms with Gasteiger partial charge in [-0.3, -0.25) is 0 Å². The van der Waals surface area contributed by atoms with Gasteiger partial charge in [0.25, 0.3) is 0 Å². The predicted octanol–water partition coefficient (Wildman–Crippen LogP) is 12.4. The Kier molecular flexibility index (Phi) is 6.30. The molecular weight excluding hydrogens is 567 g/mol. The van der Waals surface area contributed by atoms with Crippen molar-refractivity contribution in [2.45, 2.75) is 25.7 Å². The van der Waals surface area contributed by atoms with Gasteiger partial charge in [-0.25, -0.2) is 0 Å². The lowest BCUT2D eigenvalue weighted by Gasteiger charge is -2.28. The Morgan fingerprint density at radius 1 is 0.383 bits per heavy atom. The van der Waals surface area contributed by atoms with Crippen LogP contribution < -0.4 is 4.90 Å². The van der Waals surface area contributed by atoms with E-state index in [1.807, 2.05) is 0 Å². The minimum Gasteiger partial charge on any atom is -0.310 e. The molecule has 1 heteroatoms. The van der Waals surface area contributed by atoms with Crippen LogP contribution in [0.2, 0.25) is 0 Å². The second kappa shape index (κ2) is 10.7. The van der Waals surface area contributed by atoms with E-state index >= 15 is 0 Å². The summed E-state index contributed by atoms with van der Waals surface area (Å²) in [5.74, 6) is 0. The smallest absolute Gasteiger partial charge is 0.0465 e. The van der Waals surface area contributed by atoms with Crippen molar-refractivity contribution in [2.24, 2.45) is 0 Å². The van der Waals surface area contributed by atoms with E-state index in [1.54, 1.807) is 0 Å². The summed E-state index contributed by atoms with van der Waals surface area (Å²) in [4.78, 5) is 2.40. The molecule has 9 rings (SSSR count). The summed E-state index contributed by atoms with van der Waals surface area (Å²) in [5.41, 5.74) is 19.3. The number of rotatable bonds is 5. The van der Waals surface area contributed by atoms with Gasteiger partial charge in [0.15, 0.2) is 0 Å². The molecule has 0 N–H and O–H groups in total. The third-order valence-corrected chi connectivity index (χ3v) is 10.3. The fourth-order valence-corrected chi connectivity index (χ4v) is 7.82. The van der Waals surface area contributed by atoms with Gasteiger partial charge in [0.2, 0.25) is 0 Å². The van der Waals surface area contributed by atoms with Gasteiger partial charge in [-0.2, -0.15) is 0 Å². The number of anilines is 3. The largest absolute Gasteiger partial charge is 0.310 e. The summed E-state index contributed by atoms with van der Waals surface area (Å²) in [6.07, 6.45) is 1.02. The van der Waals surface area contributed by atoms with E-state index in [9.17, 15) is 0 Å². The number of fused-ring (bicyclic) bond motifs is 6. The lowest BCUT2D eigenvalue weighted by molar-refractivity contribution is 0.660. The fraction of sp³-hybridized carbons (Fsp3) is 0.0870. The molecule has 0 bridgehead atoms. The van der Waals surface area contributed by atoms with Gasteiger partial charge >= 0.3 is 0 Å². The highest BCUT2D eigenvalue weighted by molar-refractivity contribution is 5.87. The monoisotopic (exact) mass is 601 g/mol. The third kappa shape index (κ3) is 4.54. The summed E-state index contributed by atoms with van der Waals surface area (Å²) in [6.45, 7) is 4.70. The lowest BCUT2D eigenvalue weighted by atomic mass is 9.82. The average molecular weight is 602 g/mol. The highest BCUT2D eigenvalue weighted by atomic mass is 15.1. The van der Waals surface area contributed by atoms with Gasteiger partial charge in [-0.1, -0.05) is 135 Å². The summed E-state index contributed by atoms with van der Waals surface area (Å²) in [6, 6.07) is 60.3. The average Bonchev–Trinajstić information content (AvgIpc) is 3.61. The predicted molar refractivity (Wildman–Crippen MR) is 198 cm³/mol. The molecule has 0 saturated carbocycles. The van der Waals surface area contributed by atoms with E-state index in [1.165, 1.54) is 72.4 Å². The molecule has 47 heavy (non-hydrogen) atoms. The van der Waals surface area contributed by atoms with Crippen molar-refractivity contribution in [1.29, 1.82) is 0 Å². The van der Waals surface area contributed by atoms with Crippen LogP contribution in [0, 0.1) is 0 Å². The summed E-state index contributed by atoms with van der Waals surface area (Å²) >= 11 is 0. The van der Waals surface area contributed by atoms with Crippen molar-refractivity contribution in [3.05, 3.63) is 186 Å². The minimum absolute atomic E-state index is 0.0686. The minimum atomic E-state index is -0.0686. The molecule has 0 heterocycles. The maximum absolute atomic E-state index is 2.41. The van der Waals surface area contributed by atoms with Crippen LogP contribution >= 0.6 is 0 Å². The molecule has 0 fully saturated rings. The SMILES string of the molecule is CC1(C)c2ccccc2-c2ccc(N(c3ccc(-c4ccccc4)cc3)c3ccc(-c4ccc5c(c4)-c4ccccc4C5)cc3)cc21. The van der Waals surface area contributed by atoms with Crippen LogP contribution in [0.3, 0.4) is 0 Å². The second-order valence-corrected chi connectivity index (χ2v) is 13.4. The van der Waals surface area contributed by atoms with E-state index < -0.39 is 0 Å². The van der Waals surface area contributed by atoms with Gasteiger partial charge in [-0.15, -0.1) is 0 Å². The highest BCUT2D eigenvalue weighted by Gasteiger charge is 2.35. The van der Waals surface area contributed by atoms with Gasteiger partial charge in [0, 0.05) is 22.5 Å². The molecule has 0 amide bonds.